The Hall–Kier alpha value is -1.51. The number of ether oxygens (including phenoxy) is 1. The molecule has 0 unspecified atom stereocenters. The molecule has 1 fully saturated rings. The third-order valence-electron chi connectivity index (χ3n) is 2.61. The van der Waals surface area contributed by atoms with Crippen LogP contribution in [0.1, 0.15) is 23.3 Å². The van der Waals surface area contributed by atoms with E-state index in [4.69, 9.17) is 10.5 Å². The number of nitrogens with zero attached hydrogens (tertiary/aromatic N) is 3. The number of hydrogen-bond donors (Lipinski definition) is 3. The van der Waals surface area contributed by atoms with Gasteiger partial charge in [0.1, 0.15) is 18.5 Å². The zero-order chi connectivity index (χ0) is 12.6. The third-order valence-corrected chi connectivity index (χ3v) is 2.61. The van der Waals surface area contributed by atoms with E-state index < -0.39 is 30.4 Å². The molecular weight excluding hydrogens is 228 g/mol. The van der Waals surface area contributed by atoms with Crippen LogP contribution in [0.5, 0.6) is 0 Å². The molecule has 1 radical (unpaired) electrons. The number of aliphatic hydroxyl groups excluding tert-OH is 2. The van der Waals surface area contributed by atoms with Crippen molar-refractivity contribution >= 4 is 5.91 Å². The molecule has 4 atom stereocenters. The Morgan fingerprint density at radius 2 is 2.29 bits per heavy atom. The van der Waals surface area contributed by atoms with E-state index in [9.17, 15) is 15.0 Å². The van der Waals surface area contributed by atoms with Gasteiger partial charge in [0.15, 0.2) is 6.23 Å². The molecule has 1 amide bonds. The number of nitrogens with two attached hydrogens (primary N) is 1. The van der Waals surface area contributed by atoms with Gasteiger partial charge in [-0.2, -0.15) is 0 Å². The van der Waals surface area contributed by atoms with Crippen LogP contribution in [0.4, 0.5) is 0 Å². The fraction of sp³-hybridized carbons (Fsp3) is 0.556. The highest BCUT2D eigenvalue weighted by Crippen LogP contribution is 2.29. The SMILES string of the molecule is [CH2]C[C@H]1O[C@@H](n2cnc(C(N)=O)n2)[C@H](O)[C@@H]1O. The van der Waals surface area contributed by atoms with E-state index in [1.807, 2.05) is 0 Å². The quantitative estimate of drug-likeness (QED) is 0.574. The molecule has 1 aromatic rings. The number of aliphatic hydroxyl groups is 2. The number of hydrogen-bond acceptors (Lipinski definition) is 6. The fourth-order valence-electron chi connectivity index (χ4n) is 1.70. The topological polar surface area (TPSA) is 123 Å². The molecule has 1 aromatic heterocycles. The van der Waals surface area contributed by atoms with Gasteiger partial charge in [0.05, 0.1) is 6.10 Å². The average molecular weight is 241 g/mol. The zero-order valence-corrected chi connectivity index (χ0v) is 8.93. The molecule has 17 heavy (non-hydrogen) atoms. The molecular formula is C9H13N4O4. The molecule has 1 aliphatic heterocycles. The Morgan fingerprint density at radius 1 is 1.59 bits per heavy atom. The Labute approximate surface area is 97.0 Å². The number of carbonyl (C=O) groups excluding carboxylic acids is 1. The van der Waals surface area contributed by atoms with Gasteiger partial charge in [0.2, 0.25) is 5.82 Å². The number of aromatic nitrogens is 3. The molecule has 2 rings (SSSR count). The minimum atomic E-state index is -1.15. The Morgan fingerprint density at radius 3 is 2.76 bits per heavy atom. The molecule has 93 valence electrons. The van der Waals surface area contributed by atoms with Crippen molar-refractivity contribution in [1.29, 1.82) is 0 Å². The monoisotopic (exact) mass is 241 g/mol. The van der Waals surface area contributed by atoms with Crippen LogP contribution in [-0.2, 0) is 4.74 Å². The molecule has 1 saturated heterocycles. The van der Waals surface area contributed by atoms with Crippen LogP contribution in [-0.4, -0.2) is 49.2 Å². The van der Waals surface area contributed by atoms with Crippen LogP contribution < -0.4 is 5.73 Å². The molecule has 0 saturated carbocycles. The third kappa shape index (κ3) is 2.02. The summed E-state index contributed by atoms with van der Waals surface area (Å²) in [5, 5.41) is 23.1. The molecule has 8 heteroatoms. The Kier molecular flexibility index (Phi) is 3.09. The normalized spacial score (nSPS) is 32.9. The van der Waals surface area contributed by atoms with Crippen molar-refractivity contribution in [1.82, 2.24) is 14.8 Å². The first-order valence-electron chi connectivity index (χ1n) is 5.06. The van der Waals surface area contributed by atoms with E-state index >= 15 is 0 Å². The minimum Gasteiger partial charge on any atom is -0.388 e. The fourth-order valence-corrected chi connectivity index (χ4v) is 1.70. The summed E-state index contributed by atoms with van der Waals surface area (Å²) in [7, 11) is 0. The van der Waals surface area contributed by atoms with Gasteiger partial charge in [-0.15, -0.1) is 5.10 Å². The van der Waals surface area contributed by atoms with Crippen molar-refractivity contribution in [3.8, 4) is 0 Å². The van der Waals surface area contributed by atoms with Gasteiger partial charge in [-0.1, -0.05) is 6.92 Å². The number of primary amides is 1. The largest absolute Gasteiger partial charge is 0.388 e. The first-order valence-corrected chi connectivity index (χ1v) is 5.06. The van der Waals surface area contributed by atoms with E-state index in [2.05, 4.69) is 17.0 Å². The lowest BCUT2D eigenvalue weighted by molar-refractivity contribution is -0.0437. The van der Waals surface area contributed by atoms with Crippen LogP contribution in [0.3, 0.4) is 0 Å². The minimum absolute atomic E-state index is 0.173. The van der Waals surface area contributed by atoms with Crippen molar-refractivity contribution in [2.45, 2.75) is 31.0 Å². The second-order valence-corrected chi connectivity index (χ2v) is 3.75. The summed E-state index contributed by atoms with van der Waals surface area (Å²) >= 11 is 0. The van der Waals surface area contributed by atoms with Crippen molar-refractivity contribution in [3.05, 3.63) is 19.1 Å². The summed E-state index contributed by atoms with van der Waals surface area (Å²) in [6, 6.07) is 0. The highest BCUT2D eigenvalue weighted by atomic mass is 16.6. The molecule has 8 nitrogen and oxygen atoms in total. The van der Waals surface area contributed by atoms with Crippen LogP contribution in [0.15, 0.2) is 6.33 Å². The van der Waals surface area contributed by atoms with Crippen molar-refractivity contribution < 1.29 is 19.7 Å². The number of rotatable bonds is 3. The highest BCUT2D eigenvalue weighted by Gasteiger charge is 2.43. The Balaban J connectivity index is 2.19. The number of carbonyl (C=O) groups is 1. The molecule has 0 aliphatic carbocycles. The summed E-state index contributed by atoms with van der Waals surface area (Å²) in [5.74, 6) is -0.946. The summed E-state index contributed by atoms with van der Waals surface area (Å²) < 4.78 is 6.52. The average Bonchev–Trinajstić information content (AvgIpc) is 2.87. The predicted molar refractivity (Wildman–Crippen MR) is 54.4 cm³/mol. The first kappa shape index (κ1) is 12.0. The van der Waals surface area contributed by atoms with E-state index in [0.29, 0.717) is 6.42 Å². The maximum atomic E-state index is 10.8. The lowest BCUT2D eigenvalue weighted by atomic mass is 10.1. The van der Waals surface area contributed by atoms with Crippen molar-refractivity contribution in [3.63, 3.8) is 0 Å². The lowest BCUT2D eigenvalue weighted by Crippen LogP contribution is -2.31. The van der Waals surface area contributed by atoms with Gasteiger partial charge in [0, 0.05) is 0 Å². The molecule has 1 aliphatic rings. The van der Waals surface area contributed by atoms with Gasteiger partial charge in [-0.3, -0.25) is 4.79 Å². The zero-order valence-electron chi connectivity index (χ0n) is 8.93. The summed E-state index contributed by atoms with van der Waals surface area (Å²) in [5.41, 5.74) is 5.00. The smallest absolute Gasteiger partial charge is 0.288 e. The molecule has 4 N–H and O–H groups in total. The standard InChI is InChI=1S/C9H13N4O4/c1-2-4-5(14)6(15)9(17-4)13-3-11-8(12-13)7(10)16/h3-6,9,14-15H,1-2H2,(H2,10,16)/t4-,5-,6-,9-/m1/s1. The molecule has 2 heterocycles. The van der Waals surface area contributed by atoms with E-state index in [0.717, 1.165) is 4.68 Å². The van der Waals surface area contributed by atoms with Crippen LogP contribution >= 0.6 is 0 Å². The maximum absolute atomic E-state index is 10.8. The summed E-state index contributed by atoms with van der Waals surface area (Å²) in [4.78, 5) is 14.5. The predicted octanol–water partition coefficient (Wildman–Crippen LogP) is -1.78. The van der Waals surface area contributed by atoms with Gasteiger partial charge >= 0.3 is 0 Å². The second kappa shape index (κ2) is 4.40. The summed E-state index contributed by atoms with van der Waals surface area (Å²) in [6.07, 6.45) is -2.13. The van der Waals surface area contributed by atoms with Crippen LogP contribution in [0.2, 0.25) is 0 Å². The van der Waals surface area contributed by atoms with Gasteiger partial charge < -0.3 is 20.7 Å². The van der Waals surface area contributed by atoms with Crippen molar-refractivity contribution in [2.75, 3.05) is 0 Å². The first-order chi connectivity index (χ1) is 8.04. The van der Waals surface area contributed by atoms with Gasteiger partial charge in [-0.05, 0) is 6.42 Å². The highest BCUT2D eigenvalue weighted by molar-refractivity contribution is 5.88. The van der Waals surface area contributed by atoms with E-state index in [1.54, 1.807) is 0 Å². The van der Waals surface area contributed by atoms with Crippen LogP contribution in [0, 0.1) is 6.92 Å². The molecule has 0 bridgehead atoms. The maximum Gasteiger partial charge on any atom is 0.288 e. The van der Waals surface area contributed by atoms with Gasteiger partial charge in [-0.25, -0.2) is 9.67 Å². The van der Waals surface area contributed by atoms with Crippen molar-refractivity contribution in [2.24, 2.45) is 5.73 Å². The Bertz CT molecular complexity index is 421. The van der Waals surface area contributed by atoms with E-state index in [-0.39, 0.29) is 5.82 Å². The van der Waals surface area contributed by atoms with Crippen LogP contribution in [0.25, 0.3) is 0 Å². The van der Waals surface area contributed by atoms with E-state index in [1.165, 1.54) is 6.33 Å². The molecule has 0 aromatic carbocycles. The van der Waals surface area contributed by atoms with Gasteiger partial charge in [0.25, 0.3) is 5.91 Å². The summed E-state index contributed by atoms with van der Waals surface area (Å²) in [6.45, 7) is 3.60. The number of amides is 1. The second-order valence-electron chi connectivity index (χ2n) is 3.75. The lowest BCUT2D eigenvalue weighted by Gasteiger charge is -2.13. The molecule has 0 spiro atoms.